The van der Waals surface area contributed by atoms with Gasteiger partial charge in [-0.25, -0.2) is 9.48 Å². The van der Waals surface area contributed by atoms with E-state index in [0.717, 1.165) is 10.6 Å². The summed E-state index contributed by atoms with van der Waals surface area (Å²) in [5.41, 5.74) is -3.46. The van der Waals surface area contributed by atoms with Crippen molar-refractivity contribution in [3.8, 4) is 0 Å². The second-order valence-corrected chi connectivity index (χ2v) is 14.0. The number of aliphatic hydroxyl groups excluding tert-OH is 1. The van der Waals surface area contributed by atoms with Gasteiger partial charge in [0.15, 0.2) is 11.7 Å². The van der Waals surface area contributed by atoms with Gasteiger partial charge in [-0.05, 0) is 41.5 Å². The fraction of sp³-hybridized carbons (Fsp3) is 0.692. The van der Waals surface area contributed by atoms with Gasteiger partial charge in [0.05, 0.1) is 36.8 Å². The number of ether oxygens (including phenoxy) is 5. The fourth-order valence-electron chi connectivity index (χ4n) is 3.76. The SMILES string of the molecule is COCCOC1C(O)C(Cn2cc(P(=O)(OCOC(=O)C(C)(C)C)OCOC(=O)C(C)(C)C)nn2)OC1n1ccc(=O)[nH]c1=O. The minimum atomic E-state index is -4.40. The number of aliphatic hydroxyl groups is 1. The number of esters is 2. The third-order valence-corrected chi connectivity index (χ3v) is 7.92. The van der Waals surface area contributed by atoms with Crippen molar-refractivity contribution in [2.24, 2.45) is 10.8 Å². The Kier molecular flexibility index (Phi) is 12.0. The zero-order valence-corrected chi connectivity index (χ0v) is 27.1. The van der Waals surface area contributed by atoms with Crippen LogP contribution in [0.4, 0.5) is 0 Å². The number of methoxy groups -OCH3 is 1. The Bertz CT molecular complexity index is 1440. The van der Waals surface area contributed by atoms with Crippen LogP contribution in [0.1, 0.15) is 47.8 Å². The van der Waals surface area contributed by atoms with Crippen molar-refractivity contribution in [3.63, 3.8) is 0 Å². The maximum atomic E-state index is 13.8. The molecule has 45 heavy (non-hydrogen) atoms. The number of aromatic nitrogens is 5. The molecule has 2 aromatic heterocycles. The summed E-state index contributed by atoms with van der Waals surface area (Å²) in [6, 6.07) is 1.12. The Morgan fingerprint density at radius 2 is 1.64 bits per heavy atom. The standard InChI is InChI=1S/C26H40N5O13P/c1-25(2,3)22(34)40-14-42-45(37,43-15-41-23(35)26(4,5)6)18-13-30(29-28-18)12-16-19(33)20(39-11-10-38-7)21(44-16)31-9-8-17(32)27-24(31)36/h8-9,13,16,19-21,33H,10-12,14-15H2,1-7H3,(H,27,32,36). The van der Waals surface area contributed by atoms with E-state index in [2.05, 4.69) is 15.3 Å². The monoisotopic (exact) mass is 661 g/mol. The quantitative estimate of drug-likeness (QED) is 0.118. The zero-order valence-electron chi connectivity index (χ0n) is 26.2. The third-order valence-electron chi connectivity index (χ3n) is 6.26. The molecule has 0 amide bonds. The molecule has 0 aromatic carbocycles. The minimum Gasteiger partial charge on any atom is -0.438 e. The first-order chi connectivity index (χ1) is 21.0. The lowest BCUT2D eigenvalue weighted by Crippen LogP contribution is -2.39. The first-order valence-corrected chi connectivity index (χ1v) is 15.4. The predicted molar refractivity (Wildman–Crippen MR) is 153 cm³/mol. The molecule has 3 heterocycles. The summed E-state index contributed by atoms with van der Waals surface area (Å²) in [6.45, 7) is 8.25. The van der Waals surface area contributed by atoms with Gasteiger partial charge in [-0.2, -0.15) is 0 Å². The van der Waals surface area contributed by atoms with Gasteiger partial charge < -0.3 is 28.8 Å². The summed E-state index contributed by atoms with van der Waals surface area (Å²) >= 11 is 0. The van der Waals surface area contributed by atoms with E-state index in [9.17, 15) is 28.8 Å². The largest absolute Gasteiger partial charge is 0.438 e. The lowest BCUT2D eigenvalue weighted by atomic mass is 9.98. The van der Waals surface area contributed by atoms with Crippen LogP contribution in [0.15, 0.2) is 28.0 Å². The molecule has 2 aromatic rings. The van der Waals surface area contributed by atoms with E-state index >= 15 is 0 Å². The second-order valence-electron chi connectivity index (χ2n) is 12.1. The van der Waals surface area contributed by atoms with Crippen molar-refractivity contribution >= 4 is 25.0 Å². The van der Waals surface area contributed by atoms with Gasteiger partial charge in [0.25, 0.3) is 5.56 Å². The fourth-order valence-corrected chi connectivity index (χ4v) is 4.90. The van der Waals surface area contributed by atoms with Gasteiger partial charge in [0, 0.05) is 19.4 Å². The number of hydrogen-bond donors (Lipinski definition) is 2. The molecule has 4 atom stereocenters. The van der Waals surface area contributed by atoms with E-state index in [1.54, 1.807) is 41.5 Å². The molecule has 0 bridgehead atoms. The number of aromatic amines is 1. The third kappa shape index (κ3) is 9.62. The van der Waals surface area contributed by atoms with Crippen molar-refractivity contribution in [2.45, 2.75) is 72.6 Å². The van der Waals surface area contributed by atoms with Crippen LogP contribution in [0.25, 0.3) is 0 Å². The molecule has 1 fully saturated rings. The smallest absolute Gasteiger partial charge is 0.388 e. The van der Waals surface area contributed by atoms with E-state index in [-0.39, 0.29) is 25.2 Å². The molecule has 19 heteroatoms. The zero-order chi connectivity index (χ0) is 33.6. The van der Waals surface area contributed by atoms with E-state index in [1.165, 1.54) is 24.2 Å². The van der Waals surface area contributed by atoms with Gasteiger partial charge in [-0.3, -0.25) is 37.5 Å². The van der Waals surface area contributed by atoms with E-state index < -0.39 is 79.7 Å². The summed E-state index contributed by atoms with van der Waals surface area (Å²) in [4.78, 5) is 50.5. The van der Waals surface area contributed by atoms with Gasteiger partial charge >= 0.3 is 25.2 Å². The molecule has 252 valence electrons. The number of hydrogen-bond acceptors (Lipinski definition) is 15. The van der Waals surface area contributed by atoms with Gasteiger partial charge in [-0.15, -0.1) is 5.10 Å². The first-order valence-electron chi connectivity index (χ1n) is 13.9. The maximum Gasteiger partial charge on any atom is 0.388 e. The van der Waals surface area contributed by atoms with Crippen molar-refractivity contribution in [3.05, 3.63) is 39.3 Å². The Hall–Kier alpha value is -3.25. The summed E-state index contributed by atoms with van der Waals surface area (Å²) < 4.78 is 53.5. The van der Waals surface area contributed by atoms with Gasteiger partial charge in [-0.1, -0.05) is 5.21 Å². The first kappa shape index (κ1) is 36.2. The van der Waals surface area contributed by atoms with Gasteiger partial charge in [0.2, 0.25) is 13.6 Å². The van der Waals surface area contributed by atoms with Crippen LogP contribution in [0.5, 0.6) is 0 Å². The predicted octanol–water partition coefficient (Wildman–Crippen LogP) is 0.0634. The van der Waals surface area contributed by atoms with E-state index in [1.807, 2.05) is 0 Å². The number of H-pyrrole nitrogens is 1. The Labute approximate surface area is 258 Å². The van der Waals surface area contributed by atoms with Crippen molar-refractivity contribution < 1.29 is 52.0 Å². The number of nitrogens with zero attached hydrogens (tertiary/aromatic N) is 4. The molecule has 2 N–H and O–H groups in total. The molecule has 3 rings (SSSR count). The average Bonchev–Trinajstić information content (AvgIpc) is 3.53. The van der Waals surface area contributed by atoms with Crippen molar-refractivity contribution in [1.82, 2.24) is 24.5 Å². The van der Waals surface area contributed by atoms with Crippen LogP contribution < -0.4 is 16.7 Å². The lowest BCUT2D eigenvalue weighted by Gasteiger charge is -2.22. The Morgan fingerprint density at radius 3 is 2.18 bits per heavy atom. The average molecular weight is 662 g/mol. The summed E-state index contributed by atoms with van der Waals surface area (Å²) in [6.07, 6.45) is -2.12. The molecule has 1 aliphatic rings. The summed E-state index contributed by atoms with van der Waals surface area (Å²) in [7, 11) is -2.93. The van der Waals surface area contributed by atoms with Crippen LogP contribution in [0, 0.1) is 10.8 Å². The molecule has 0 spiro atoms. The number of carbonyl (C=O) groups is 2. The molecule has 1 aliphatic heterocycles. The molecular weight excluding hydrogens is 621 g/mol. The minimum absolute atomic E-state index is 0.0633. The van der Waals surface area contributed by atoms with E-state index in [0.29, 0.717) is 0 Å². The number of rotatable bonds is 14. The Morgan fingerprint density at radius 1 is 1.04 bits per heavy atom. The van der Waals surface area contributed by atoms with Crippen molar-refractivity contribution in [2.75, 3.05) is 33.9 Å². The summed E-state index contributed by atoms with van der Waals surface area (Å²) in [5.74, 6) is -1.27. The molecule has 1 saturated heterocycles. The van der Waals surface area contributed by atoms with Crippen molar-refractivity contribution in [1.29, 1.82) is 0 Å². The molecule has 18 nitrogen and oxygen atoms in total. The van der Waals surface area contributed by atoms with E-state index in [4.69, 9.17) is 32.7 Å². The highest BCUT2D eigenvalue weighted by Crippen LogP contribution is 2.46. The highest BCUT2D eigenvalue weighted by Gasteiger charge is 2.46. The van der Waals surface area contributed by atoms with Crippen LogP contribution in [-0.2, 0) is 53.4 Å². The highest BCUT2D eigenvalue weighted by atomic mass is 31.2. The molecule has 4 unspecified atom stereocenters. The summed E-state index contributed by atoms with van der Waals surface area (Å²) in [5, 5.41) is 18.9. The molecular formula is C26H40N5O13P. The van der Waals surface area contributed by atoms with Crippen LogP contribution in [0.2, 0.25) is 0 Å². The topological polar surface area (TPSA) is 222 Å². The highest BCUT2D eigenvalue weighted by molar-refractivity contribution is 7.61. The molecule has 0 radical (unpaired) electrons. The van der Waals surface area contributed by atoms with Crippen LogP contribution in [-0.4, -0.2) is 93.8 Å². The lowest BCUT2D eigenvalue weighted by molar-refractivity contribution is -0.161. The Balaban J connectivity index is 1.80. The van der Waals surface area contributed by atoms with Gasteiger partial charge in [0.1, 0.15) is 18.3 Å². The number of carbonyl (C=O) groups excluding carboxylic acids is 2. The second kappa shape index (κ2) is 14.9. The van der Waals surface area contributed by atoms with Crippen LogP contribution in [0.3, 0.4) is 0 Å². The van der Waals surface area contributed by atoms with Crippen LogP contribution >= 0.6 is 7.60 Å². The maximum absolute atomic E-state index is 13.8. The molecule has 0 aliphatic carbocycles. The normalized spacial score (nSPS) is 20.7. The number of nitrogens with one attached hydrogen (secondary N) is 1. The molecule has 0 saturated carbocycles.